The third-order valence-corrected chi connectivity index (χ3v) is 5.08. The van der Waals surface area contributed by atoms with Gasteiger partial charge in [-0.3, -0.25) is 0 Å². The number of benzene rings is 1. The van der Waals surface area contributed by atoms with E-state index in [-0.39, 0.29) is 0 Å². The Hall–Kier alpha value is -0.910. The summed E-state index contributed by atoms with van der Waals surface area (Å²) in [6, 6.07) is 9.18. The SMILES string of the molecule is CCc1ccc(C(NC)C(C)Sc2ncns2)cc1. The van der Waals surface area contributed by atoms with E-state index < -0.39 is 0 Å². The summed E-state index contributed by atoms with van der Waals surface area (Å²) >= 11 is 3.22. The summed E-state index contributed by atoms with van der Waals surface area (Å²) in [7, 11) is 2.01. The molecular weight excluding hydrogens is 274 g/mol. The summed E-state index contributed by atoms with van der Waals surface area (Å²) in [5.74, 6) is 0. The number of hydrogen-bond acceptors (Lipinski definition) is 5. The van der Waals surface area contributed by atoms with Crippen LogP contribution >= 0.6 is 23.3 Å². The Bertz CT molecular complexity index is 482. The minimum Gasteiger partial charge on any atom is -0.312 e. The Kier molecular flexibility index (Phi) is 5.36. The van der Waals surface area contributed by atoms with E-state index in [1.807, 2.05) is 7.05 Å². The van der Waals surface area contributed by atoms with Crippen LogP contribution in [0.25, 0.3) is 0 Å². The lowest BCUT2D eigenvalue weighted by molar-refractivity contribution is 0.589. The molecule has 1 heterocycles. The molecule has 2 atom stereocenters. The quantitative estimate of drug-likeness (QED) is 0.827. The number of aryl methyl sites for hydroxylation is 1. The van der Waals surface area contributed by atoms with Gasteiger partial charge in [0.25, 0.3) is 0 Å². The van der Waals surface area contributed by atoms with Gasteiger partial charge < -0.3 is 5.32 Å². The zero-order chi connectivity index (χ0) is 13.7. The van der Waals surface area contributed by atoms with Crippen molar-refractivity contribution >= 4 is 23.3 Å². The van der Waals surface area contributed by atoms with Crippen molar-refractivity contribution in [2.45, 2.75) is 35.9 Å². The van der Waals surface area contributed by atoms with Gasteiger partial charge in [-0.2, -0.15) is 4.37 Å². The van der Waals surface area contributed by atoms with Gasteiger partial charge in [-0.05, 0) is 36.1 Å². The summed E-state index contributed by atoms with van der Waals surface area (Å²) in [4.78, 5) is 4.24. The maximum atomic E-state index is 4.24. The molecule has 0 aliphatic heterocycles. The van der Waals surface area contributed by atoms with Crippen LogP contribution in [0.5, 0.6) is 0 Å². The van der Waals surface area contributed by atoms with Crippen molar-refractivity contribution in [3.8, 4) is 0 Å². The van der Waals surface area contributed by atoms with Gasteiger partial charge in [-0.1, -0.05) is 49.9 Å². The molecule has 2 rings (SSSR count). The maximum absolute atomic E-state index is 4.24. The van der Waals surface area contributed by atoms with Crippen LogP contribution in [0.3, 0.4) is 0 Å². The minimum absolute atomic E-state index is 0.319. The fraction of sp³-hybridized carbons (Fsp3) is 0.429. The number of hydrogen-bond donors (Lipinski definition) is 1. The van der Waals surface area contributed by atoms with Gasteiger partial charge in [0.1, 0.15) is 6.33 Å². The van der Waals surface area contributed by atoms with E-state index >= 15 is 0 Å². The molecule has 102 valence electrons. The van der Waals surface area contributed by atoms with Crippen molar-refractivity contribution in [2.75, 3.05) is 7.05 Å². The van der Waals surface area contributed by atoms with Crippen molar-refractivity contribution in [2.24, 2.45) is 0 Å². The number of thioether (sulfide) groups is 1. The zero-order valence-electron chi connectivity index (χ0n) is 11.5. The molecule has 1 N–H and O–H groups in total. The number of rotatable bonds is 6. The molecule has 0 fully saturated rings. The lowest BCUT2D eigenvalue weighted by atomic mass is 10.0. The second kappa shape index (κ2) is 7.03. The average Bonchev–Trinajstić information content (AvgIpc) is 2.93. The van der Waals surface area contributed by atoms with Crippen molar-refractivity contribution in [3.05, 3.63) is 41.7 Å². The fourth-order valence-electron chi connectivity index (χ4n) is 2.08. The molecule has 2 unspecified atom stereocenters. The van der Waals surface area contributed by atoms with Crippen LogP contribution in [-0.4, -0.2) is 21.7 Å². The van der Waals surface area contributed by atoms with Gasteiger partial charge in [0.2, 0.25) is 0 Å². The molecule has 1 aromatic carbocycles. The smallest absolute Gasteiger partial charge is 0.170 e. The average molecular weight is 293 g/mol. The first-order chi connectivity index (χ1) is 9.24. The monoisotopic (exact) mass is 293 g/mol. The summed E-state index contributed by atoms with van der Waals surface area (Å²) in [5, 5.41) is 3.81. The number of aromatic nitrogens is 2. The largest absolute Gasteiger partial charge is 0.312 e. The van der Waals surface area contributed by atoms with Crippen LogP contribution in [0.15, 0.2) is 34.9 Å². The molecule has 0 saturated heterocycles. The van der Waals surface area contributed by atoms with Crippen molar-refractivity contribution in [1.82, 2.24) is 14.7 Å². The maximum Gasteiger partial charge on any atom is 0.170 e. The van der Waals surface area contributed by atoms with E-state index in [2.05, 4.69) is 52.8 Å². The van der Waals surface area contributed by atoms with E-state index in [1.165, 1.54) is 22.7 Å². The first-order valence-corrected chi connectivity index (χ1v) is 8.09. The molecule has 19 heavy (non-hydrogen) atoms. The van der Waals surface area contributed by atoms with Gasteiger partial charge in [-0.15, -0.1) is 0 Å². The van der Waals surface area contributed by atoms with E-state index in [4.69, 9.17) is 0 Å². The van der Waals surface area contributed by atoms with Crippen LogP contribution in [-0.2, 0) is 6.42 Å². The molecular formula is C14H19N3S2. The summed E-state index contributed by atoms with van der Waals surface area (Å²) < 4.78 is 5.07. The zero-order valence-corrected chi connectivity index (χ0v) is 13.1. The van der Waals surface area contributed by atoms with Gasteiger partial charge >= 0.3 is 0 Å². The minimum atomic E-state index is 0.319. The van der Waals surface area contributed by atoms with Crippen molar-refractivity contribution < 1.29 is 0 Å². The van der Waals surface area contributed by atoms with Crippen LogP contribution < -0.4 is 5.32 Å². The van der Waals surface area contributed by atoms with Crippen molar-refractivity contribution in [1.29, 1.82) is 0 Å². The third kappa shape index (κ3) is 3.78. The number of nitrogens with one attached hydrogen (secondary N) is 1. The summed E-state index contributed by atoms with van der Waals surface area (Å²) in [6.45, 7) is 4.40. The Morgan fingerprint density at radius 2 is 2.05 bits per heavy atom. The third-order valence-electron chi connectivity index (χ3n) is 3.16. The fourth-order valence-corrected chi connectivity index (χ4v) is 3.97. The van der Waals surface area contributed by atoms with Gasteiger partial charge in [-0.25, -0.2) is 4.98 Å². The highest BCUT2D eigenvalue weighted by Gasteiger charge is 2.19. The Morgan fingerprint density at radius 1 is 1.32 bits per heavy atom. The Labute approximate surface area is 123 Å². The molecule has 0 bridgehead atoms. The highest BCUT2D eigenvalue weighted by Crippen LogP contribution is 2.32. The van der Waals surface area contributed by atoms with Crippen molar-refractivity contribution in [3.63, 3.8) is 0 Å². The second-order valence-corrected chi connectivity index (χ2v) is 6.80. The highest BCUT2D eigenvalue weighted by molar-refractivity contribution is 8.01. The molecule has 2 aromatic rings. The molecule has 5 heteroatoms. The predicted octanol–water partition coefficient (Wildman–Crippen LogP) is 3.54. The number of nitrogens with zero attached hydrogens (tertiary/aromatic N) is 2. The molecule has 3 nitrogen and oxygen atoms in total. The Morgan fingerprint density at radius 3 is 2.58 bits per heavy atom. The highest BCUT2D eigenvalue weighted by atomic mass is 32.2. The molecule has 0 aliphatic carbocycles. The van der Waals surface area contributed by atoms with Gasteiger partial charge in [0.15, 0.2) is 4.34 Å². The first kappa shape index (κ1) is 14.5. The first-order valence-electron chi connectivity index (χ1n) is 6.44. The van der Waals surface area contributed by atoms with Gasteiger partial charge in [0, 0.05) is 11.3 Å². The van der Waals surface area contributed by atoms with Crippen LogP contribution in [0.4, 0.5) is 0 Å². The lowest BCUT2D eigenvalue weighted by Gasteiger charge is -2.23. The molecule has 0 saturated carbocycles. The molecule has 0 spiro atoms. The molecule has 1 aromatic heterocycles. The Balaban J connectivity index is 2.09. The van der Waals surface area contributed by atoms with E-state index in [0.717, 1.165) is 10.8 Å². The molecule has 0 aliphatic rings. The molecule has 0 radical (unpaired) electrons. The second-order valence-electron chi connectivity index (χ2n) is 4.39. The standard InChI is InChI=1S/C14H19N3S2/c1-4-11-5-7-12(8-6-11)13(15-3)10(2)18-14-16-9-17-19-14/h5-10,13,15H,4H2,1-3H3. The summed E-state index contributed by atoms with van der Waals surface area (Å²) in [5.41, 5.74) is 2.70. The molecule has 0 amide bonds. The topological polar surface area (TPSA) is 37.8 Å². The van der Waals surface area contributed by atoms with Crippen LogP contribution in [0, 0.1) is 0 Å². The van der Waals surface area contributed by atoms with E-state index in [1.54, 1.807) is 18.1 Å². The van der Waals surface area contributed by atoms with E-state index in [9.17, 15) is 0 Å². The normalized spacial score (nSPS) is 14.3. The van der Waals surface area contributed by atoms with Crippen LogP contribution in [0.2, 0.25) is 0 Å². The van der Waals surface area contributed by atoms with Gasteiger partial charge in [0.05, 0.1) is 0 Å². The van der Waals surface area contributed by atoms with Crippen LogP contribution in [0.1, 0.15) is 31.0 Å². The van der Waals surface area contributed by atoms with E-state index in [0.29, 0.717) is 11.3 Å². The summed E-state index contributed by atoms with van der Waals surface area (Å²) in [6.07, 6.45) is 2.70. The predicted molar refractivity (Wildman–Crippen MR) is 82.8 cm³/mol. The lowest BCUT2D eigenvalue weighted by Crippen LogP contribution is -2.25.